The summed E-state index contributed by atoms with van der Waals surface area (Å²) in [7, 11) is 0. The van der Waals surface area contributed by atoms with E-state index >= 15 is 0 Å². The molecule has 0 unspecified atom stereocenters. The zero-order valence-corrected chi connectivity index (χ0v) is 11.9. The minimum absolute atomic E-state index is 0.0691. The molecule has 4 aliphatic rings. The normalized spacial score (nSPS) is 39.0. The third kappa shape index (κ3) is 1.45. The Morgan fingerprint density at radius 1 is 1.30 bits per heavy atom. The number of rotatable bonds is 2. The van der Waals surface area contributed by atoms with Crippen LogP contribution in [-0.4, -0.2) is 58.3 Å². The van der Waals surface area contributed by atoms with Crippen LogP contribution >= 0.6 is 0 Å². The molecule has 6 heteroatoms. The molecule has 0 aromatic rings. The van der Waals surface area contributed by atoms with Crippen molar-refractivity contribution >= 4 is 12.1 Å². The monoisotopic (exact) mass is 278 g/mol. The van der Waals surface area contributed by atoms with Crippen molar-refractivity contribution in [3.63, 3.8) is 0 Å². The number of urea groups is 1. The van der Waals surface area contributed by atoms with Gasteiger partial charge in [-0.3, -0.25) is 10.3 Å². The van der Waals surface area contributed by atoms with E-state index in [1.54, 1.807) is 0 Å². The van der Waals surface area contributed by atoms with E-state index in [4.69, 9.17) is 10.1 Å². The summed E-state index contributed by atoms with van der Waals surface area (Å²) >= 11 is 0. The first-order chi connectivity index (χ1) is 9.72. The standard InChI is InChI=1S/C14H22N4O2/c1-2-4-11-18-12-9(6-8-17(12)13(15)20-11)10-5-3-7-16(10)14(18)19/h9-12,15H,2-8H2,1H3/t9-,10-,11-,12+/m1/s1. The molecule has 0 aromatic carbocycles. The molecular weight excluding hydrogens is 256 g/mol. The Morgan fingerprint density at radius 3 is 2.95 bits per heavy atom. The number of carbonyl (C=O) groups is 1. The molecule has 0 spiro atoms. The predicted molar refractivity (Wildman–Crippen MR) is 73.1 cm³/mol. The van der Waals surface area contributed by atoms with Gasteiger partial charge in [-0.15, -0.1) is 0 Å². The Kier molecular flexibility index (Phi) is 2.62. The van der Waals surface area contributed by atoms with Gasteiger partial charge < -0.3 is 14.5 Å². The first-order valence-electron chi connectivity index (χ1n) is 7.83. The molecule has 20 heavy (non-hydrogen) atoms. The van der Waals surface area contributed by atoms with E-state index < -0.39 is 0 Å². The maximum atomic E-state index is 12.8. The topological polar surface area (TPSA) is 59.9 Å². The quantitative estimate of drug-likeness (QED) is 0.835. The fourth-order valence-electron chi connectivity index (χ4n) is 4.50. The molecule has 4 rings (SSSR count). The van der Waals surface area contributed by atoms with E-state index in [-0.39, 0.29) is 24.4 Å². The summed E-state index contributed by atoms with van der Waals surface area (Å²) in [5.41, 5.74) is 0. The molecule has 4 aliphatic heterocycles. The van der Waals surface area contributed by atoms with Gasteiger partial charge in [-0.25, -0.2) is 4.79 Å². The number of hydrogen-bond donors (Lipinski definition) is 1. The van der Waals surface area contributed by atoms with Gasteiger partial charge in [0.1, 0.15) is 6.17 Å². The lowest BCUT2D eigenvalue weighted by atomic mass is 9.91. The second kappa shape index (κ2) is 4.27. The summed E-state index contributed by atoms with van der Waals surface area (Å²) in [6.07, 6.45) is 4.90. The second-order valence-corrected chi connectivity index (χ2v) is 6.32. The summed E-state index contributed by atoms with van der Waals surface area (Å²) in [5.74, 6) is 0.485. The molecule has 110 valence electrons. The molecule has 6 nitrogen and oxygen atoms in total. The zero-order chi connectivity index (χ0) is 13.9. The zero-order valence-electron chi connectivity index (χ0n) is 11.9. The van der Waals surface area contributed by atoms with Crippen LogP contribution in [-0.2, 0) is 4.74 Å². The molecular formula is C14H22N4O2. The van der Waals surface area contributed by atoms with Crippen molar-refractivity contribution in [3.05, 3.63) is 0 Å². The summed E-state index contributed by atoms with van der Waals surface area (Å²) in [6.45, 7) is 3.83. The molecule has 4 saturated heterocycles. The molecule has 0 saturated carbocycles. The number of carbonyl (C=O) groups excluding carboxylic acids is 1. The highest BCUT2D eigenvalue weighted by Gasteiger charge is 2.58. The molecule has 4 fully saturated rings. The fraction of sp³-hybridized carbons (Fsp3) is 0.857. The maximum Gasteiger partial charge on any atom is 0.324 e. The van der Waals surface area contributed by atoms with Gasteiger partial charge in [-0.05, 0) is 19.3 Å². The average Bonchev–Trinajstić information content (AvgIpc) is 3.04. The van der Waals surface area contributed by atoms with Crippen LogP contribution in [0.25, 0.3) is 0 Å². The Hall–Kier alpha value is -1.46. The van der Waals surface area contributed by atoms with Gasteiger partial charge in [0.05, 0.1) is 0 Å². The van der Waals surface area contributed by atoms with Gasteiger partial charge in [-0.1, -0.05) is 13.3 Å². The number of nitrogens with zero attached hydrogens (tertiary/aromatic N) is 3. The number of ether oxygens (including phenoxy) is 1. The van der Waals surface area contributed by atoms with E-state index in [2.05, 4.69) is 11.8 Å². The van der Waals surface area contributed by atoms with Crippen molar-refractivity contribution in [1.29, 1.82) is 5.41 Å². The van der Waals surface area contributed by atoms with E-state index in [0.29, 0.717) is 12.0 Å². The molecule has 2 amide bonds. The number of fused-ring (bicyclic) bond motifs is 2. The van der Waals surface area contributed by atoms with Crippen molar-refractivity contribution in [3.8, 4) is 0 Å². The van der Waals surface area contributed by atoms with E-state index in [1.165, 1.54) is 0 Å². The van der Waals surface area contributed by atoms with Crippen molar-refractivity contribution in [1.82, 2.24) is 14.7 Å². The molecule has 4 atom stereocenters. The molecule has 0 aliphatic carbocycles. The summed E-state index contributed by atoms with van der Waals surface area (Å²) in [5, 5.41) is 8.11. The smallest absolute Gasteiger partial charge is 0.324 e. The average molecular weight is 278 g/mol. The van der Waals surface area contributed by atoms with Crippen LogP contribution < -0.4 is 0 Å². The number of amides is 2. The van der Waals surface area contributed by atoms with Crippen LogP contribution in [0.5, 0.6) is 0 Å². The summed E-state index contributed by atoms with van der Waals surface area (Å²) in [6, 6.07) is 0.792. The van der Waals surface area contributed by atoms with Crippen LogP contribution in [0.2, 0.25) is 0 Å². The highest BCUT2D eigenvalue weighted by molar-refractivity contribution is 5.81. The van der Waals surface area contributed by atoms with Gasteiger partial charge in [-0.2, -0.15) is 0 Å². The van der Waals surface area contributed by atoms with Gasteiger partial charge in [0, 0.05) is 31.5 Å². The third-order valence-electron chi connectivity index (χ3n) is 5.31. The first-order valence-corrected chi connectivity index (χ1v) is 7.83. The lowest BCUT2D eigenvalue weighted by Crippen LogP contribution is -2.70. The minimum Gasteiger partial charge on any atom is -0.441 e. The number of hydrogen-bond acceptors (Lipinski definition) is 3. The lowest BCUT2D eigenvalue weighted by molar-refractivity contribution is -0.109. The molecule has 0 bridgehead atoms. The van der Waals surface area contributed by atoms with Gasteiger partial charge in [0.15, 0.2) is 6.23 Å². The SMILES string of the molecule is CCC[C@H]1OC(=N)N2CC[C@@H]3[C@H]4CCCN4C(=O)N1[C@@H]32. The Labute approximate surface area is 119 Å². The van der Waals surface area contributed by atoms with Crippen LogP contribution in [0, 0.1) is 11.3 Å². The summed E-state index contributed by atoms with van der Waals surface area (Å²) < 4.78 is 5.73. The maximum absolute atomic E-state index is 12.8. The van der Waals surface area contributed by atoms with Crippen molar-refractivity contribution in [2.45, 2.75) is 57.5 Å². The molecule has 0 aromatic heterocycles. The predicted octanol–water partition coefficient (Wildman–Crippen LogP) is 1.63. The van der Waals surface area contributed by atoms with E-state index in [9.17, 15) is 4.79 Å². The van der Waals surface area contributed by atoms with Crippen LogP contribution in [0.3, 0.4) is 0 Å². The highest BCUT2D eigenvalue weighted by Crippen LogP contribution is 2.44. The highest BCUT2D eigenvalue weighted by atomic mass is 16.5. The number of nitrogens with one attached hydrogen (secondary N) is 1. The van der Waals surface area contributed by atoms with Crippen LogP contribution in [0.15, 0.2) is 0 Å². The Balaban J connectivity index is 1.73. The van der Waals surface area contributed by atoms with E-state index in [0.717, 1.165) is 45.2 Å². The molecule has 1 N–H and O–H groups in total. The van der Waals surface area contributed by atoms with Gasteiger partial charge >= 0.3 is 6.03 Å². The largest absolute Gasteiger partial charge is 0.441 e. The number of amidine groups is 1. The van der Waals surface area contributed by atoms with Crippen molar-refractivity contribution in [2.75, 3.05) is 13.1 Å². The van der Waals surface area contributed by atoms with Gasteiger partial charge in [0.25, 0.3) is 6.02 Å². The Morgan fingerprint density at radius 2 is 2.15 bits per heavy atom. The second-order valence-electron chi connectivity index (χ2n) is 6.32. The Bertz CT molecular complexity index is 454. The molecule has 4 heterocycles. The van der Waals surface area contributed by atoms with Crippen molar-refractivity contribution in [2.24, 2.45) is 5.92 Å². The van der Waals surface area contributed by atoms with Crippen molar-refractivity contribution < 1.29 is 9.53 Å². The minimum atomic E-state index is -0.247. The lowest BCUT2D eigenvalue weighted by Gasteiger charge is -2.53. The fourth-order valence-corrected chi connectivity index (χ4v) is 4.50. The molecule has 0 radical (unpaired) electrons. The van der Waals surface area contributed by atoms with Crippen LogP contribution in [0.4, 0.5) is 4.79 Å². The van der Waals surface area contributed by atoms with Gasteiger partial charge in [0.2, 0.25) is 0 Å². The van der Waals surface area contributed by atoms with Crippen LogP contribution in [0.1, 0.15) is 39.0 Å². The third-order valence-corrected chi connectivity index (χ3v) is 5.31. The van der Waals surface area contributed by atoms with E-state index in [1.807, 2.05) is 9.80 Å². The first kappa shape index (κ1) is 12.3. The summed E-state index contributed by atoms with van der Waals surface area (Å²) in [4.78, 5) is 18.8.